The van der Waals surface area contributed by atoms with E-state index in [1.807, 2.05) is 13.8 Å². The maximum Gasteiger partial charge on any atom is 0.343 e. The summed E-state index contributed by atoms with van der Waals surface area (Å²) >= 11 is 5.87. The van der Waals surface area contributed by atoms with Gasteiger partial charge in [-0.1, -0.05) is 11.6 Å². The molecule has 0 saturated carbocycles. The SMILES string of the molecule is COc1ccc2c(c1)N(C(C)C)C(=O)N(c1ccc(Cl)cc1)S2(=O)=O. The number of fused-ring (bicyclic) bond motifs is 1. The van der Waals surface area contributed by atoms with Gasteiger partial charge in [-0.15, -0.1) is 0 Å². The number of hydrogen-bond donors (Lipinski definition) is 0. The van der Waals surface area contributed by atoms with Gasteiger partial charge < -0.3 is 4.74 Å². The minimum atomic E-state index is -4.05. The fraction of sp³-hybridized carbons (Fsp3) is 0.235. The summed E-state index contributed by atoms with van der Waals surface area (Å²) in [6, 6.07) is 9.78. The number of ether oxygens (including phenoxy) is 1. The lowest BCUT2D eigenvalue weighted by Crippen LogP contribution is -2.53. The minimum Gasteiger partial charge on any atom is -0.497 e. The molecular weight excluding hydrogens is 364 g/mol. The van der Waals surface area contributed by atoms with Crippen LogP contribution in [0.5, 0.6) is 5.75 Å². The number of benzene rings is 2. The minimum absolute atomic E-state index is 0.0524. The summed E-state index contributed by atoms with van der Waals surface area (Å²) < 4.78 is 32.1. The Morgan fingerprint density at radius 2 is 1.72 bits per heavy atom. The van der Waals surface area contributed by atoms with Gasteiger partial charge in [-0.2, -0.15) is 4.31 Å². The van der Waals surface area contributed by atoms with Crippen molar-refractivity contribution in [3.05, 3.63) is 47.5 Å². The first-order chi connectivity index (χ1) is 11.8. The van der Waals surface area contributed by atoms with Gasteiger partial charge in [0.05, 0.1) is 18.5 Å². The first-order valence-electron chi connectivity index (χ1n) is 7.59. The van der Waals surface area contributed by atoms with E-state index in [-0.39, 0.29) is 16.6 Å². The second-order valence-corrected chi connectivity index (χ2v) is 8.02. The predicted molar refractivity (Wildman–Crippen MR) is 97.1 cm³/mol. The van der Waals surface area contributed by atoms with Gasteiger partial charge in [0.25, 0.3) is 10.0 Å². The molecule has 0 atom stereocenters. The number of halogens is 1. The second kappa shape index (κ2) is 6.24. The summed E-state index contributed by atoms with van der Waals surface area (Å²) in [5.74, 6) is 0.479. The average molecular weight is 381 g/mol. The smallest absolute Gasteiger partial charge is 0.343 e. The molecule has 0 fully saturated rings. The third-order valence-electron chi connectivity index (χ3n) is 3.90. The highest BCUT2D eigenvalue weighted by molar-refractivity contribution is 7.94. The lowest BCUT2D eigenvalue weighted by Gasteiger charge is -2.38. The van der Waals surface area contributed by atoms with Crippen LogP contribution in [-0.4, -0.2) is 27.6 Å². The zero-order chi connectivity index (χ0) is 18.4. The third-order valence-corrected chi connectivity index (χ3v) is 5.90. The Hall–Kier alpha value is -2.25. The van der Waals surface area contributed by atoms with E-state index in [4.69, 9.17) is 16.3 Å². The Kier molecular flexibility index (Phi) is 4.38. The fourth-order valence-electron chi connectivity index (χ4n) is 2.76. The van der Waals surface area contributed by atoms with Crippen molar-refractivity contribution in [3.8, 4) is 5.75 Å². The summed E-state index contributed by atoms with van der Waals surface area (Å²) in [4.78, 5) is 14.5. The summed E-state index contributed by atoms with van der Waals surface area (Å²) in [6.45, 7) is 3.64. The van der Waals surface area contributed by atoms with Gasteiger partial charge in [-0.05, 0) is 50.2 Å². The van der Waals surface area contributed by atoms with Crippen LogP contribution in [0.15, 0.2) is 47.4 Å². The van der Waals surface area contributed by atoms with Crippen molar-refractivity contribution < 1.29 is 17.9 Å². The van der Waals surface area contributed by atoms with Gasteiger partial charge in [0.15, 0.2) is 0 Å². The molecular formula is C17H17ClN2O4S. The topological polar surface area (TPSA) is 66.9 Å². The highest BCUT2D eigenvalue weighted by atomic mass is 35.5. The van der Waals surface area contributed by atoms with Gasteiger partial charge >= 0.3 is 6.03 Å². The number of sulfonamides is 1. The number of hydrogen-bond acceptors (Lipinski definition) is 4. The number of nitrogens with zero attached hydrogens (tertiary/aromatic N) is 2. The largest absolute Gasteiger partial charge is 0.497 e. The van der Waals surface area contributed by atoms with Crippen LogP contribution < -0.4 is 13.9 Å². The molecule has 0 N–H and O–H groups in total. The molecule has 3 rings (SSSR count). The lowest BCUT2D eigenvalue weighted by atomic mass is 10.2. The molecule has 132 valence electrons. The molecule has 0 bridgehead atoms. The average Bonchev–Trinajstić information content (AvgIpc) is 2.55. The van der Waals surface area contributed by atoms with Crippen LogP contribution in [0.1, 0.15) is 13.8 Å². The van der Waals surface area contributed by atoms with Crippen molar-refractivity contribution in [3.63, 3.8) is 0 Å². The number of amides is 2. The fourth-order valence-corrected chi connectivity index (χ4v) is 4.43. The van der Waals surface area contributed by atoms with Gasteiger partial charge in [0, 0.05) is 17.1 Å². The maximum atomic E-state index is 13.1. The quantitative estimate of drug-likeness (QED) is 0.810. The van der Waals surface area contributed by atoms with E-state index in [0.29, 0.717) is 16.5 Å². The monoisotopic (exact) mass is 380 g/mol. The number of urea groups is 1. The van der Waals surface area contributed by atoms with Gasteiger partial charge in [0.2, 0.25) is 0 Å². The molecule has 1 aliphatic rings. The first-order valence-corrected chi connectivity index (χ1v) is 9.41. The van der Waals surface area contributed by atoms with E-state index in [0.717, 1.165) is 4.31 Å². The molecule has 25 heavy (non-hydrogen) atoms. The Balaban J connectivity index is 2.26. The van der Waals surface area contributed by atoms with E-state index >= 15 is 0 Å². The first kappa shape index (κ1) is 17.6. The van der Waals surface area contributed by atoms with Crippen LogP contribution in [0.2, 0.25) is 5.02 Å². The molecule has 2 aromatic carbocycles. The molecule has 0 unspecified atom stereocenters. The zero-order valence-corrected chi connectivity index (χ0v) is 15.5. The highest BCUT2D eigenvalue weighted by Crippen LogP contribution is 2.40. The number of rotatable bonds is 3. The zero-order valence-electron chi connectivity index (χ0n) is 13.9. The molecule has 2 aromatic rings. The lowest BCUT2D eigenvalue weighted by molar-refractivity contribution is 0.252. The van der Waals surface area contributed by atoms with Crippen molar-refractivity contribution in [2.75, 3.05) is 16.3 Å². The van der Waals surface area contributed by atoms with Crippen molar-refractivity contribution in [1.82, 2.24) is 0 Å². The molecule has 0 aliphatic carbocycles. The Labute approximate surface area is 151 Å². The Morgan fingerprint density at radius 1 is 1.08 bits per heavy atom. The van der Waals surface area contributed by atoms with Crippen LogP contribution in [0.3, 0.4) is 0 Å². The van der Waals surface area contributed by atoms with Crippen LogP contribution in [0.25, 0.3) is 0 Å². The van der Waals surface area contributed by atoms with E-state index < -0.39 is 16.1 Å². The van der Waals surface area contributed by atoms with Crippen molar-refractivity contribution in [1.29, 1.82) is 0 Å². The molecule has 1 heterocycles. The molecule has 0 spiro atoms. The van der Waals surface area contributed by atoms with E-state index in [2.05, 4.69) is 0 Å². The molecule has 6 nitrogen and oxygen atoms in total. The van der Waals surface area contributed by atoms with Crippen LogP contribution in [0, 0.1) is 0 Å². The number of methoxy groups -OCH3 is 1. The number of carbonyl (C=O) groups excluding carboxylic acids is 1. The number of carbonyl (C=O) groups is 1. The molecule has 8 heteroatoms. The van der Waals surface area contributed by atoms with Crippen LogP contribution >= 0.6 is 11.6 Å². The summed E-state index contributed by atoms with van der Waals surface area (Å²) in [7, 11) is -2.56. The summed E-state index contributed by atoms with van der Waals surface area (Å²) in [5, 5.41) is 0.455. The molecule has 1 aliphatic heterocycles. The van der Waals surface area contributed by atoms with Crippen LogP contribution in [0.4, 0.5) is 16.2 Å². The highest BCUT2D eigenvalue weighted by Gasteiger charge is 2.43. The summed E-state index contributed by atoms with van der Waals surface area (Å²) in [5.41, 5.74) is 0.547. The van der Waals surface area contributed by atoms with E-state index in [1.165, 1.54) is 30.2 Å². The predicted octanol–water partition coefficient (Wildman–Crippen LogP) is 3.89. The second-order valence-electron chi connectivity index (χ2n) is 5.83. The normalized spacial score (nSPS) is 16.1. The van der Waals surface area contributed by atoms with Gasteiger partial charge in [0.1, 0.15) is 10.6 Å². The van der Waals surface area contributed by atoms with Crippen molar-refractivity contribution in [2.45, 2.75) is 24.8 Å². The van der Waals surface area contributed by atoms with E-state index in [1.54, 1.807) is 24.3 Å². The van der Waals surface area contributed by atoms with Crippen molar-refractivity contribution >= 4 is 39.0 Å². The van der Waals surface area contributed by atoms with Crippen LogP contribution in [-0.2, 0) is 10.0 Å². The van der Waals surface area contributed by atoms with Crippen molar-refractivity contribution in [2.24, 2.45) is 0 Å². The third kappa shape index (κ3) is 2.83. The van der Waals surface area contributed by atoms with E-state index in [9.17, 15) is 13.2 Å². The maximum absolute atomic E-state index is 13.1. The number of anilines is 2. The summed E-state index contributed by atoms with van der Waals surface area (Å²) in [6.07, 6.45) is 0. The molecule has 0 aromatic heterocycles. The van der Waals surface area contributed by atoms with Gasteiger partial charge in [-0.25, -0.2) is 13.2 Å². The Bertz CT molecular complexity index is 926. The molecule has 0 radical (unpaired) electrons. The molecule has 0 saturated heterocycles. The molecule has 2 amide bonds. The Morgan fingerprint density at radius 3 is 2.28 bits per heavy atom. The van der Waals surface area contributed by atoms with Gasteiger partial charge in [-0.3, -0.25) is 4.90 Å². The standard InChI is InChI=1S/C17H17ClN2O4S/c1-11(2)19-15-10-14(24-3)8-9-16(15)25(22,23)20(17(19)21)13-6-4-12(18)5-7-13/h4-11H,1-3H3.